The molecular weight excluding hydrogens is 541 g/mol. The van der Waals surface area contributed by atoms with E-state index in [-0.39, 0.29) is 0 Å². The zero-order chi connectivity index (χ0) is 26.2. The van der Waals surface area contributed by atoms with Crippen LogP contribution < -0.4 is 9.47 Å². The number of nitrogens with zero attached hydrogens (tertiary/aromatic N) is 2. The predicted molar refractivity (Wildman–Crippen MR) is 171 cm³/mol. The van der Waals surface area contributed by atoms with Gasteiger partial charge in [-0.05, 0) is 106 Å². The maximum Gasteiger partial charge on any atom is 0.263 e. The molecule has 0 spiro atoms. The van der Waals surface area contributed by atoms with Crippen molar-refractivity contribution in [1.82, 2.24) is 0 Å². The first-order valence-electron chi connectivity index (χ1n) is 13.8. The second kappa shape index (κ2) is 11.5. The third-order valence-electron chi connectivity index (χ3n) is 8.22. The van der Waals surface area contributed by atoms with E-state index in [1.54, 1.807) is 11.1 Å². The predicted octanol–water partition coefficient (Wildman–Crippen LogP) is 9.44. The minimum atomic E-state index is 0.516. The molecule has 198 valence electrons. The lowest BCUT2D eigenvalue weighted by Gasteiger charge is -2.31. The number of thioether (sulfide) groups is 3. The number of aromatic nitrogens is 1. The fourth-order valence-corrected chi connectivity index (χ4v) is 9.66. The van der Waals surface area contributed by atoms with Crippen molar-refractivity contribution in [1.29, 1.82) is 0 Å². The number of hydrogen-bond donors (Lipinski definition) is 0. The van der Waals surface area contributed by atoms with Crippen LogP contribution in [0.15, 0.2) is 80.0 Å². The molecule has 6 rings (SSSR count). The molecule has 6 heteroatoms. The molecule has 0 radical (unpaired) electrons. The van der Waals surface area contributed by atoms with Gasteiger partial charge in [-0.3, -0.25) is 0 Å². The molecule has 2 unspecified atom stereocenters. The van der Waals surface area contributed by atoms with Crippen LogP contribution in [0.3, 0.4) is 0 Å². The lowest BCUT2D eigenvalue weighted by molar-refractivity contribution is -0.665. The van der Waals surface area contributed by atoms with Crippen LogP contribution in [-0.4, -0.2) is 24.4 Å². The zero-order valence-electron chi connectivity index (χ0n) is 22.8. The molecule has 0 amide bonds. The normalized spacial score (nSPS) is 22.0. The number of allylic oxidation sites excluding steroid dienone is 4. The Morgan fingerprint density at radius 1 is 1.00 bits per heavy atom. The molecule has 3 aliphatic rings. The van der Waals surface area contributed by atoms with Gasteiger partial charge in [-0.15, -0.1) is 23.5 Å². The van der Waals surface area contributed by atoms with Gasteiger partial charge >= 0.3 is 0 Å². The van der Waals surface area contributed by atoms with Crippen LogP contribution in [0.2, 0.25) is 0 Å². The van der Waals surface area contributed by atoms with E-state index in [1.807, 2.05) is 34.9 Å². The van der Waals surface area contributed by atoms with Gasteiger partial charge in [0.15, 0.2) is 0 Å². The molecule has 1 aliphatic heterocycles. The average molecular weight is 578 g/mol. The van der Waals surface area contributed by atoms with Crippen LogP contribution >= 0.6 is 46.6 Å². The maximum absolute atomic E-state index is 2.63. The second-order valence-corrected chi connectivity index (χ2v) is 14.4. The fraction of sp³-hybridized carbons (Fsp3) is 0.406. The Labute approximate surface area is 244 Å². The van der Waals surface area contributed by atoms with E-state index >= 15 is 0 Å². The number of benzene rings is 2. The molecule has 38 heavy (non-hydrogen) atoms. The van der Waals surface area contributed by atoms with Crippen LogP contribution in [0.4, 0.5) is 5.69 Å². The lowest BCUT2D eigenvalue weighted by atomic mass is 9.77. The summed E-state index contributed by atoms with van der Waals surface area (Å²) in [5, 5.41) is 1.90. The molecule has 0 saturated carbocycles. The number of anilines is 1. The van der Waals surface area contributed by atoms with Crippen molar-refractivity contribution >= 4 is 68.6 Å². The Morgan fingerprint density at radius 2 is 1.79 bits per heavy atom. The van der Waals surface area contributed by atoms with Gasteiger partial charge < -0.3 is 4.90 Å². The minimum Gasteiger partial charge on any atom is -0.358 e. The molecule has 2 aromatic carbocycles. The fourth-order valence-electron chi connectivity index (χ4n) is 6.19. The maximum atomic E-state index is 2.63. The number of rotatable bonds is 7. The number of thiazole rings is 1. The van der Waals surface area contributed by atoms with Crippen molar-refractivity contribution in [2.75, 3.05) is 24.0 Å². The quantitative estimate of drug-likeness (QED) is 0.204. The van der Waals surface area contributed by atoms with Crippen molar-refractivity contribution in [2.24, 2.45) is 5.92 Å². The summed E-state index contributed by atoms with van der Waals surface area (Å²) in [7, 11) is 0. The van der Waals surface area contributed by atoms with Gasteiger partial charge in [-0.2, -0.15) is 4.57 Å². The van der Waals surface area contributed by atoms with Gasteiger partial charge in [0.2, 0.25) is 5.52 Å². The Morgan fingerprint density at radius 3 is 2.58 bits per heavy atom. The molecule has 3 aromatic rings. The SMILES string of the molecule is CCN1c2cc(SC)ccc2SC1CC1=CC2=CC(=Cc3sc4ccc(SC)cc4[n+]3CC)CCC2CC1. The third-order valence-corrected chi connectivity index (χ3v) is 12.1. The number of hydrogen-bond acceptors (Lipinski definition) is 5. The summed E-state index contributed by atoms with van der Waals surface area (Å²) in [6.45, 7) is 6.65. The Balaban J connectivity index is 1.25. The molecule has 1 aromatic heterocycles. The number of fused-ring (bicyclic) bond motifs is 3. The number of aryl methyl sites for hydroxylation is 1. The first-order chi connectivity index (χ1) is 18.6. The molecular formula is C32H37N2S4+. The summed E-state index contributed by atoms with van der Waals surface area (Å²) in [5.74, 6) is 0.737. The van der Waals surface area contributed by atoms with E-state index in [1.165, 1.54) is 66.9 Å². The van der Waals surface area contributed by atoms with Gasteiger partial charge in [0, 0.05) is 33.4 Å². The van der Waals surface area contributed by atoms with Crippen LogP contribution in [0.25, 0.3) is 16.3 Å². The highest BCUT2D eigenvalue weighted by atomic mass is 32.2. The molecule has 0 fully saturated rings. The van der Waals surface area contributed by atoms with Crippen molar-refractivity contribution in [3.63, 3.8) is 0 Å². The Hall–Kier alpha value is -1.60. The van der Waals surface area contributed by atoms with E-state index < -0.39 is 0 Å². The van der Waals surface area contributed by atoms with E-state index in [0.717, 1.165) is 25.4 Å². The second-order valence-electron chi connectivity index (χ2n) is 10.4. The summed E-state index contributed by atoms with van der Waals surface area (Å²) >= 11 is 7.66. The van der Waals surface area contributed by atoms with Crippen LogP contribution in [-0.2, 0) is 6.54 Å². The first kappa shape index (κ1) is 26.6. The molecule has 2 heterocycles. The topological polar surface area (TPSA) is 7.12 Å². The Kier molecular flexibility index (Phi) is 8.04. The van der Waals surface area contributed by atoms with Crippen LogP contribution in [0, 0.1) is 5.92 Å². The average Bonchev–Trinajstić information content (AvgIpc) is 3.47. The van der Waals surface area contributed by atoms with Gasteiger partial charge in [-0.1, -0.05) is 40.8 Å². The summed E-state index contributed by atoms with van der Waals surface area (Å²) in [6.07, 6.45) is 18.1. The minimum absolute atomic E-state index is 0.516. The van der Waals surface area contributed by atoms with E-state index in [0.29, 0.717) is 5.37 Å². The van der Waals surface area contributed by atoms with E-state index in [4.69, 9.17) is 0 Å². The molecule has 0 N–H and O–H groups in total. The first-order valence-corrected chi connectivity index (χ1v) is 18.0. The van der Waals surface area contributed by atoms with Crippen molar-refractivity contribution in [3.05, 3.63) is 70.3 Å². The highest BCUT2D eigenvalue weighted by Crippen LogP contribution is 2.48. The molecule has 2 atom stereocenters. The van der Waals surface area contributed by atoms with Crippen molar-refractivity contribution in [2.45, 2.75) is 72.6 Å². The molecule has 0 bridgehead atoms. The molecule has 2 nitrogen and oxygen atoms in total. The van der Waals surface area contributed by atoms with Crippen molar-refractivity contribution < 1.29 is 4.57 Å². The standard InChI is InChI=1S/C32H37N2S4/c1-5-33-27-19-25(35-3)11-13-29(27)37-31(33)17-21-7-9-23-10-8-22(16-24(23)15-21)18-32-34(6-2)28-20-26(36-4)12-14-30(28)38-32/h11-17,19-20,23,32H,5-10,18H2,1-4H3/q+1. The Bertz CT molecular complexity index is 1450. The van der Waals surface area contributed by atoms with Crippen molar-refractivity contribution in [3.8, 4) is 0 Å². The van der Waals surface area contributed by atoms with Gasteiger partial charge in [0.1, 0.15) is 11.2 Å². The molecule has 0 saturated heterocycles. The van der Waals surface area contributed by atoms with Crippen LogP contribution in [0.5, 0.6) is 0 Å². The third kappa shape index (κ3) is 5.14. The summed E-state index contributed by atoms with van der Waals surface area (Å²) < 4.78 is 3.88. The summed E-state index contributed by atoms with van der Waals surface area (Å²) in [6, 6.07) is 13.9. The smallest absolute Gasteiger partial charge is 0.263 e. The zero-order valence-corrected chi connectivity index (χ0v) is 26.1. The van der Waals surface area contributed by atoms with Gasteiger partial charge in [0.05, 0.1) is 11.1 Å². The summed E-state index contributed by atoms with van der Waals surface area (Å²) in [4.78, 5) is 6.78. The molecule has 2 aliphatic carbocycles. The van der Waals surface area contributed by atoms with Gasteiger partial charge in [-0.25, -0.2) is 0 Å². The highest BCUT2D eigenvalue weighted by Gasteiger charge is 2.32. The van der Waals surface area contributed by atoms with Gasteiger partial charge in [0.25, 0.3) is 5.01 Å². The lowest BCUT2D eigenvalue weighted by Crippen LogP contribution is -2.33. The monoisotopic (exact) mass is 577 g/mol. The van der Waals surface area contributed by atoms with E-state index in [9.17, 15) is 0 Å². The highest BCUT2D eigenvalue weighted by molar-refractivity contribution is 8.00. The van der Waals surface area contributed by atoms with E-state index in [2.05, 4.69) is 102 Å². The van der Waals surface area contributed by atoms with Crippen LogP contribution in [0.1, 0.15) is 51.0 Å². The largest absolute Gasteiger partial charge is 0.358 e. The summed E-state index contributed by atoms with van der Waals surface area (Å²) in [5.41, 5.74) is 7.51.